The molecule has 0 unspecified atom stereocenters. The van der Waals surface area contributed by atoms with Crippen LogP contribution >= 0.6 is 0 Å². The van der Waals surface area contributed by atoms with Crippen LogP contribution in [0.25, 0.3) is 0 Å². The van der Waals surface area contributed by atoms with E-state index in [1.54, 1.807) is 4.90 Å². The van der Waals surface area contributed by atoms with E-state index in [0.717, 1.165) is 5.56 Å². The Morgan fingerprint density at radius 1 is 1.36 bits per heavy atom. The van der Waals surface area contributed by atoms with Crippen molar-refractivity contribution in [3.05, 3.63) is 35.9 Å². The number of benzene rings is 1. The number of rotatable bonds is 6. The van der Waals surface area contributed by atoms with E-state index in [4.69, 9.17) is 0 Å². The molecular formula is C16H23NO4S. The number of hydrogen-bond acceptors (Lipinski definition) is 4. The average molecular weight is 325 g/mol. The molecule has 22 heavy (non-hydrogen) atoms. The predicted molar refractivity (Wildman–Crippen MR) is 85.2 cm³/mol. The van der Waals surface area contributed by atoms with Gasteiger partial charge in [0.15, 0.2) is 9.84 Å². The van der Waals surface area contributed by atoms with Gasteiger partial charge >= 0.3 is 0 Å². The third-order valence-electron chi connectivity index (χ3n) is 4.16. The number of carbonyl (C=O) groups excluding carboxylic acids is 1. The molecule has 0 radical (unpaired) electrons. The van der Waals surface area contributed by atoms with Crippen LogP contribution in [0.15, 0.2) is 30.3 Å². The van der Waals surface area contributed by atoms with Crippen LogP contribution in [0.2, 0.25) is 0 Å². The molecule has 2 atom stereocenters. The van der Waals surface area contributed by atoms with Crippen LogP contribution in [0.3, 0.4) is 0 Å². The van der Waals surface area contributed by atoms with Gasteiger partial charge in [0.2, 0.25) is 5.91 Å². The molecule has 0 saturated carbocycles. The quantitative estimate of drug-likeness (QED) is 0.847. The standard InChI is InChI=1S/C16H23NO4S/c1-2-14(11-18)17(15-8-9-22(20,21)12-15)16(19)10-13-6-4-3-5-7-13/h3-7,14-15,18H,2,8-12H2,1H3/t14-,15+/m1/s1. The van der Waals surface area contributed by atoms with Crippen LogP contribution in [0.5, 0.6) is 0 Å². The Hall–Kier alpha value is -1.40. The van der Waals surface area contributed by atoms with Gasteiger partial charge in [-0.15, -0.1) is 0 Å². The Kier molecular flexibility index (Phi) is 5.58. The van der Waals surface area contributed by atoms with E-state index in [1.807, 2.05) is 37.3 Å². The highest BCUT2D eigenvalue weighted by molar-refractivity contribution is 7.91. The molecule has 1 aliphatic heterocycles. The highest BCUT2D eigenvalue weighted by Crippen LogP contribution is 2.22. The minimum Gasteiger partial charge on any atom is -0.394 e. The molecule has 0 aromatic heterocycles. The summed E-state index contributed by atoms with van der Waals surface area (Å²) in [5.74, 6) is 0.00721. The zero-order valence-electron chi connectivity index (χ0n) is 12.8. The highest BCUT2D eigenvalue weighted by Gasteiger charge is 2.37. The molecule has 122 valence electrons. The second-order valence-corrected chi connectivity index (χ2v) is 7.99. The van der Waals surface area contributed by atoms with Crippen molar-refractivity contribution in [3.63, 3.8) is 0 Å². The van der Waals surface area contributed by atoms with Gasteiger partial charge in [-0.05, 0) is 18.4 Å². The van der Waals surface area contributed by atoms with Crippen molar-refractivity contribution in [1.82, 2.24) is 4.90 Å². The van der Waals surface area contributed by atoms with Crippen LogP contribution in [-0.2, 0) is 21.1 Å². The highest BCUT2D eigenvalue weighted by atomic mass is 32.2. The lowest BCUT2D eigenvalue weighted by molar-refractivity contribution is -0.136. The van der Waals surface area contributed by atoms with Crippen molar-refractivity contribution < 1.29 is 18.3 Å². The summed E-state index contributed by atoms with van der Waals surface area (Å²) in [6.45, 7) is 1.75. The molecule has 1 aromatic rings. The number of hydrogen-bond donors (Lipinski definition) is 1. The topological polar surface area (TPSA) is 74.7 Å². The average Bonchev–Trinajstić information content (AvgIpc) is 2.85. The number of aliphatic hydroxyl groups excluding tert-OH is 1. The van der Waals surface area contributed by atoms with Gasteiger partial charge in [-0.1, -0.05) is 37.3 Å². The first-order valence-electron chi connectivity index (χ1n) is 7.63. The summed E-state index contributed by atoms with van der Waals surface area (Å²) in [6, 6.07) is 8.74. The van der Waals surface area contributed by atoms with Crippen molar-refractivity contribution in [2.75, 3.05) is 18.1 Å². The summed E-state index contributed by atoms with van der Waals surface area (Å²) in [5.41, 5.74) is 0.895. The fourth-order valence-corrected chi connectivity index (χ4v) is 4.69. The maximum Gasteiger partial charge on any atom is 0.227 e. The van der Waals surface area contributed by atoms with Gasteiger partial charge in [0, 0.05) is 6.04 Å². The molecule has 0 aliphatic carbocycles. The van der Waals surface area contributed by atoms with E-state index in [2.05, 4.69) is 0 Å². The first kappa shape index (κ1) is 17.0. The van der Waals surface area contributed by atoms with Gasteiger partial charge in [-0.2, -0.15) is 0 Å². The van der Waals surface area contributed by atoms with Crippen LogP contribution < -0.4 is 0 Å². The van der Waals surface area contributed by atoms with Crippen LogP contribution in [0, 0.1) is 0 Å². The number of carbonyl (C=O) groups is 1. The van der Waals surface area contributed by atoms with Crippen molar-refractivity contribution in [1.29, 1.82) is 0 Å². The lowest BCUT2D eigenvalue weighted by Crippen LogP contribution is -2.49. The smallest absolute Gasteiger partial charge is 0.227 e. The normalized spacial score (nSPS) is 21.5. The maximum atomic E-state index is 12.7. The summed E-state index contributed by atoms with van der Waals surface area (Å²) < 4.78 is 23.5. The fraction of sp³-hybridized carbons (Fsp3) is 0.562. The number of aliphatic hydroxyl groups is 1. The Bertz CT molecular complexity index is 596. The van der Waals surface area contributed by atoms with Gasteiger partial charge in [-0.3, -0.25) is 4.79 Å². The van der Waals surface area contributed by atoms with Gasteiger partial charge in [0.1, 0.15) is 0 Å². The fourth-order valence-electron chi connectivity index (χ4n) is 2.98. The second kappa shape index (κ2) is 7.24. The lowest BCUT2D eigenvalue weighted by atomic mass is 10.1. The Morgan fingerprint density at radius 3 is 2.55 bits per heavy atom. The first-order chi connectivity index (χ1) is 10.5. The van der Waals surface area contributed by atoms with Crippen LogP contribution in [-0.4, -0.2) is 54.5 Å². The molecule has 2 rings (SSSR count). The lowest BCUT2D eigenvalue weighted by Gasteiger charge is -2.35. The molecule has 1 N–H and O–H groups in total. The molecule has 1 amide bonds. The Labute approximate surface area is 131 Å². The Balaban J connectivity index is 2.19. The van der Waals surface area contributed by atoms with Crippen molar-refractivity contribution in [3.8, 4) is 0 Å². The van der Waals surface area contributed by atoms with Gasteiger partial charge in [0.25, 0.3) is 0 Å². The molecule has 1 fully saturated rings. The zero-order chi connectivity index (χ0) is 16.2. The molecule has 0 bridgehead atoms. The van der Waals surface area contributed by atoms with Gasteiger partial charge < -0.3 is 10.0 Å². The van der Waals surface area contributed by atoms with E-state index in [1.165, 1.54) is 0 Å². The van der Waals surface area contributed by atoms with Crippen molar-refractivity contribution in [2.45, 2.75) is 38.3 Å². The van der Waals surface area contributed by atoms with Crippen LogP contribution in [0.1, 0.15) is 25.3 Å². The number of nitrogens with zero attached hydrogens (tertiary/aromatic N) is 1. The number of amides is 1. The second-order valence-electron chi connectivity index (χ2n) is 5.76. The van der Waals surface area contributed by atoms with Gasteiger partial charge in [0.05, 0.1) is 30.6 Å². The van der Waals surface area contributed by atoms with E-state index in [0.29, 0.717) is 12.8 Å². The van der Waals surface area contributed by atoms with E-state index in [9.17, 15) is 18.3 Å². The summed E-state index contributed by atoms with van der Waals surface area (Å²) >= 11 is 0. The Morgan fingerprint density at radius 2 is 2.05 bits per heavy atom. The molecule has 1 saturated heterocycles. The maximum absolute atomic E-state index is 12.7. The van der Waals surface area contributed by atoms with Crippen molar-refractivity contribution >= 4 is 15.7 Å². The summed E-state index contributed by atoms with van der Waals surface area (Å²) in [6.07, 6.45) is 1.29. The molecule has 1 heterocycles. The minimum atomic E-state index is -3.07. The molecule has 1 aromatic carbocycles. The third kappa shape index (κ3) is 4.08. The van der Waals surface area contributed by atoms with Crippen molar-refractivity contribution in [2.24, 2.45) is 0 Å². The van der Waals surface area contributed by atoms with E-state index >= 15 is 0 Å². The number of sulfone groups is 1. The summed E-state index contributed by atoms with van der Waals surface area (Å²) in [4.78, 5) is 14.3. The van der Waals surface area contributed by atoms with E-state index in [-0.39, 0.29) is 42.5 Å². The summed E-state index contributed by atoms with van der Waals surface area (Å²) in [7, 11) is -3.07. The van der Waals surface area contributed by atoms with Crippen LogP contribution in [0.4, 0.5) is 0 Å². The van der Waals surface area contributed by atoms with E-state index < -0.39 is 9.84 Å². The van der Waals surface area contributed by atoms with Gasteiger partial charge in [-0.25, -0.2) is 8.42 Å². The predicted octanol–water partition coefficient (Wildman–Crippen LogP) is 1.02. The first-order valence-corrected chi connectivity index (χ1v) is 9.45. The molecular weight excluding hydrogens is 302 g/mol. The molecule has 0 spiro atoms. The molecule has 6 heteroatoms. The molecule has 5 nitrogen and oxygen atoms in total. The monoisotopic (exact) mass is 325 g/mol. The SMILES string of the molecule is CC[C@H](CO)N(C(=O)Cc1ccccc1)[C@H]1CCS(=O)(=O)C1. The third-order valence-corrected chi connectivity index (χ3v) is 5.91. The minimum absolute atomic E-state index is 0.00400. The summed E-state index contributed by atoms with van der Waals surface area (Å²) in [5, 5.41) is 9.56. The zero-order valence-corrected chi connectivity index (χ0v) is 13.6. The largest absolute Gasteiger partial charge is 0.394 e. The molecule has 1 aliphatic rings.